The summed E-state index contributed by atoms with van der Waals surface area (Å²) in [7, 11) is 0. The fraction of sp³-hybridized carbons (Fsp3) is 0.269. The van der Waals surface area contributed by atoms with E-state index in [1.165, 1.54) is 16.5 Å². The van der Waals surface area contributed by atoms with E-state index in [0.717, 1.165) is 16.1 Å². The van der Waals surface area contributed by atoms with E-state index >= 15 is 0 Å². The van der Waals surface area contributed by atoms with E-state index in [1.807, 2.05) is 51.1 Å². The highest BCUT2D eigenvalue weighted by atomic mass is 32.1. The number of aromatic nitrogens is 2. The third kappa shape index (κ3) is 6.15. The Morgan fingerprint density at radius 1 is 1.03 bits per heavy atom. The van der Waals surface area contributed by atoms with Crippen LogP contribution >= 0.6 is 11.3 Å². The van der Waals surface area contributed by atoms with Gasteiger partial charge in [0.2, 0.25) is 5.88 Å². The van der Waals surface area contributed by atoms with Crippen molar-refractivity contribution in [2.45, 2.75) is 33.3 Å². The Morgan fingerprint density at radius 2 is 1.82 bits per heavy atom. The minimum Gasteiger partial charge on any atom is -0.475 e. The summed E-state index contributed by atoms with van der Waals surface area (Å²) in [5, 5.41) is 3.86. The summed E-state index contributed by atoms with van der Waals surface area (Å²) in [5.74, 6) is 0.229. The Balaban J connectivity index is 1.34. The highest BCUT2D eigenvalue weighted by molar-refractivity contribution is 7.21. The number of anilines is 1. The molecule has 4 aromatic rings. The highest BCUT2D eigenvalue weighted by Crippen LogP contribution is 2.31. The number of nitrogens with zero attached hydrogens (tertiary/aromatic N) is 2. The van der Waals surface area contributed by atoms with Gasteiger partial charge in [-0.15, -0.1) is 11.3 Å². The summed E-state index contributed by atoms with van der Waals surface area (Å²) in [6, 6.07) is 17.3. The summed E-state index contributed by atoms with van der Waals surface area (Å²) in [6.45, 7) is 8.93. The van der Waals surface area contributed by atoms with Gasteiger partial charge in [-0.1, -0.05) is 6.07 Å². The zero-order chi connectivity index (χ0) is 23.4. The van der Waals surface area contributed by atoms with Gasteiger partial charge in [0.15, 0.2) is 0 Å². The summed E-state index contributed by atoms with van der Waals surface area (Å²) in [6.07, 6.45) is 1.51. The molecule has 0 radical (unpaired) electrons. The van der Waals surface area contributed by atoms with Crippen molar-refractivity contribution >= 4 is 33.1 Å². The van der Waals surface area contributed by atoms with Crippen LogP contribution in [0.2, 0.25) is 0 Å². The number of carbonyl (C=O) groups is 1. The molecule has 1 amide bonds. The van der Waals surface area contributed by atoms with Crippen LogP contribution in [0.1, 0.15) is 36.7 Å². The van der Waals surface area contributed by atoms with Crippen molar-refractivity contribution in [2.75, 3.05) is 18.5 Å². The average molecular weight is 462 g/mol. The lowest BCUT2D eigenvalue weighted by Gasteiger charge is -2.19. The van der Waals surface area contributed by atoms with Crippen LogP contribution in [-0.4, -0.2) is 34.7 Å². The quantitative estimate of drug-likeness (QED) is 0.336. The van der Waals surface area contributed by atoms with Crippen molar-refractivity contribution in [2.24, 2.45) is 0 Å². The smallest absolute Gasteiger partial charge is 0.257 e. The van der Waals surface area contributed by atoms with Crippen LogP contribution in [0, 0.1) is 6.92 Å². The van der Waals surface area contributed by atoms with Crippen molar-refractivity contribution in [1.82, 2.24) is 9.97 Å². The molecule has 6 nitrogen and oxygen atoms in total. The number of ether oxygens (including phenoxy) is 2. The van der Waals surface area contributed by atoms with Crippen molar-refractivity contribution in [1.29, 1.82) is 0 Å². The molecule has 2 aromatic carbocycles. The maximum atomic E-state index is 12.6. The lowest BCUT2D eigenvalue weighted by atomic mass is 10.2. The molecule has 0 saturated heterocycles. The second kappa shape index (κ2) is 9.68. The second-order valence-electron chi connectivity index (χ2n) is 8.72. The zero-order valence-electron chi connectivity index (χ0n) is 19.2. The molecule has 0 spiro atoms. The van der Waals surface area contributed by atoms with Crippen LogP contribution in [0.5, 0.6) is 5.88 Å². The lowest BCUT2D eigenvalue weighted by molar-refractivity contribution is -0.0168. The predicted octanol–water partition coefficient (Wildman–Crippen LogP) is 6.11. The van der Waals surface area contributed by atoms with Crippen LogP contribution < -0.4 is 10.1 Å². The van der Waals surface area contributed by atoms with Gasteiger partial charge in [-0.05, 0) is 75.7 Å². The first-order valence-corrected chi connectivity index (χ1v) is 11.6. The zero-order valence-corrected chi connectivity index (χ0v) is 20.0. The molecule has 0 aliphatic heterocycles. The Bertz CT molecular complexity index is 1240. The normalized spacial score (nSPS) is 11.5. The SMILES string of the molecule is Cc1ccc2nc(-c3ccc(NC(=O)c4ccc(OCCOC(C)(C)C)nc4)cc3)sc2c1. The molecule has 4 rings (SSSR count). The Labute approximate surface area is 197 Å². The fourth-order valence-corrected chi connectivity index (χ4v) is 4.22. The van der Waals surface area contributed by atoms with Crippen molar-refractivity contribution in [3.05, 3.63) is 71.9 Å². The van der Waals surface area contributed by atoms with Gasteiger partial charge in [-0.3, -0.25) is 4.79 Å². The molecule has 0 atom stereocenters. The molecule has 0 bridgehead atoms. The molecule has 33 heavy (non-hydrogen) atoms. The topological polar surface area (TPSA) is 73.3 Å². The van der Waals surface area contributed by atoms with Crippen LogP contribution in [-0.2, 0) is 4.74 Å². The molecule has 0 aliphatic carbocycles. The van der Waals surface area contributed by atoms with Crippen molar-refractivity contribution in [3.8, 4) is 16.5 Å². The van der Waals surface area contributed by atoms with E-state index in [-0.39, 0.29) is 11.5 Å². The van der Waals surface area contributed by atoms with Gasteiger partial charge in [0.25, 0.3) is 5.91 Å². The monoisotopic (exact) mass is 461 g/mol. The van der Waals surface area contributed by atoms with Gasteiger partial charge in [0.1, 0.15) is 11.6 Å². The minimum absolute atomic E-state index is 0.204. The number of rotatable bonds is 7. The van der Waals surface area contributed by atoms with Crippen LogP contribution in [0.15, 0.2) is 60.8 Å². The molecule has 170 valence electrons. The number of benzene rings is 2. The number of fused-ring (bicyclic) bond motifs is 1. The summed E-state index contributed by atoms with van der Waals surface area (Å²) >= 11 is 1.66. The van der Waals surface area contributed by atoms with Gasteiger partial charge in [-0.2, -0.15) is 0 Å². The van der Waals surface area contributed by atoms with E-state index in [1.54, 1.807) is 23.5 Å². The number of hydrogen-bond donors (Lipinski definition) is 1. The van der Waals surface area contributed by atoms with E-state index in [0.29, 0.717) is 30.3 Å². The van der Waals surface area contributed by atoms with E-state index in [4.69, 9.17) is 14.5 Å². The van der Waals surface area contributed by atoms with Crippen LogP contribution in [0.25, 0.3) is 20.8 Å². The third-order valence-corrected chi connectivity index (χ3v) is 5.87. The van der Waals surface area contributed by atoms with Gasteiger partial charge in [0, 0.05) is 23.5 Å². The minimum atomic E-state index is -0.228. The van der Waals surface area contributed by atoms with E-state index in [9.17, 15) is 4.79 Å². The number of hydrogen-bond acceptors (Lipinski definition) is 6. The molecular weight excluding hydrogens is 434 g/mol. The van der Waals surface area contributed by atoms with Gasteiger partial charge < -0.3 is 14.8 Å². The van der Waals surface area contributed by atoms with Crippen LogP contribution in [0.4, 0.5) is 5.69 Å². The van der Waals surface area contributed by atoms with Gasteiger partial charge in [0.05, 0.1) is 28.0 Å². The fourth-order valence-electron chi connectivity index (χ4n) is 3.15. The molecule has 0 fully saturated rings. The highest BCUT2D eigenvalue weighted by Gasteiger charge is 2.11. The van der Waals surface area contributed by atoms with E-state index < -0.39 is 0 Å². The van der Waals surface area contributed by atoms with Crippen molar-refractivity contribution < 1.29 is 14.3 Å². The summed E-state index contributed by atoms with van der Waals surface area (Å²) in [4.78, 5) is 21.5. The van der Waals surface area contributed by atoms with Crippen molar-refractivity contribution in [3.63, 3.8) is 0 Å². The molecule has 2 heterocycles. The number of thiazole rings is 1. The van der Waals surface area contributed by atoms with Gasteiger partial charge >= 0.3 is 0 Å². The first-order chi connectivity index (χ1) is 15.8. The predicted molar refractivity (Wildman–Crippen MR) is 133 cm³/mol. The standard InChI is InChI=1S/C26H27N3O3S/c1-17-5-11-21-22(15-17)33-25(29-21)18-6-9-20(10-7-18)28-24(30)19-8-12-23(27-16-19)31-13-14-32-26(2,3)4/h5-12,15-16H,13-14H2,1-4H3,(H,28,30). The first kappa shape index (κ1) is 22.9. The Hall–Kier alpha value is -3.29. The number of nitrogens with one attached hydrogen (secondary N) is 1. The molecule has 2 aromatic heterocycles. The maximum absolute atomic E-state index is 12.6. The molecule has 7 heteroatoms. The maximum Gasteiger partial charge on any atom is 0.257 e. The molecular formula is C26H27N3O3S. The number of aryl methyl sites for hydroxylation is 1. The Kier molecular flexibility index (Phi) is 6.72. The third-order valence-electron chi connectivity index (χ3n) is 4.80. The van der Waals surface area contributed by atoms with Crippen LogP contribution in [0.3, 0.4) is 0 Å². The molecule has 0 saturated carbocycles. The largest absolute Gasteiger partial charge is 0.475 e. The molecule has 0 aliphatic rings. The number of amides is 1. The molecule has 1 N–H and O–H groups in total. The summed E-state index contributed by atoms with van der Waals surface area (Å²) < 4.78 is 12.4. The van der Waals surface area contributed by atoms with E-state index in [2.05, 4.69) is 29.4 Å². The number of pyridine rings is 1. The second-order valence-corrected chi connectivity index (χ2v) is 9.75. The van der Waals surface area contributed by atoms with Gasteiger partial charge in [-0.25, -0.2) is 9.97 Å². The summed E-state index contributed by atoms with van der Waals surface area (Å²) in [5.41, 5.74) is 4.20. The number of carbonyl (C=O) groups excluding carboxylic acids is 1. The average Bonchev–Trinajstić information content (AvgIpc) is 3.20. The molecule has 0 unspecified atom stereocenters. The Morgan fingerprint density at radius 3 is 2.52 bits per heavy atom. The lowest BCUT2D eigenvalue weighted by Crippen LogP contribution is -2.22. The first-order valence-electron chi connectivity index (χ1n) is 10.8.